The zero-order valence-corrected chi connectivity index (χ0v) is 39.0. The van der Waals surface area contributed by atoms with E-state index in [1.807, 2.05) is 0 Å². The number of fused-ring (bicyclic) bond motifs is 1. The van der Waals surface area contributed by atoms with Crippen molar-refractivity contribution in [3.8, 4) is 0 Å². The fraction of sp³-hybridized carbons (Fsp3) is 0.667. The van der Waals surface area contributed by atoms with E-state index in [4.69, 9.17) is 58.2 Å². The Morgan fingerprint density at radius 1 is 1.01 bits per heavy atom. The molecule has 28 nitrogen and oxygen atoms in total. The number of phosphoric acid groups is 2. The van der Waals surface area contributed by atoms with Crippen LogP contribution in [0.15, 0.2) is 42.4 Å². The number of nitrogen functional groups attached to an aromatic ring is 2. The molecule has 0 radical (unpaired) electrons. The first-order chi connectivity index (χ1) is 33.0. The van der Waals surface area contributed by atoms with Crippen molar-refractivity contribution in [1.29, 1.82) is 0 Å². The van der Waals surface area contributed by atoms with E-state index in [2.05, 4.69) is 31.8 Å². The minimum Gasteiger partial charge on any atom is -0.455 e. The van der Waals surface area contributed by atoms with E-state index < -0.39 is 108 Å². The van der Waals surface area contributed by atoms with Crippen molar-refractivity contribution >= 4 is 50.3 Å². The van der Waals surface area contributed by atoms with E-state index in [-0.39, 0.29) is 48.5 Å². The van der Waals surface area contributed by atoms with Crippen molar-refractivity contribution in [3.05, 3.63) is 48.1 Å². The van der Waals surface area contributed by atoms with Crippen molar-refractivity contribution in [2.45, 2.75) is 125 Å². The number of nitrogens with zero attached hydrogens (tertiary/aromatic N) is 6. The van der Waals surface area contributed by atoms with Crippen LogP contribution in [0.5, 0.6) is 0 Å². The van der Waals surface area contributed by atoms with Gasteiger partial charge in [-0.25, -0.2) is 33.7 Å². The summed E-state index contributed by atoms with van der Waals surface area (Å²) in [6.07, 6.45) is -1.56. The minimum absolute atomic E-state index is 0.00359. The Hall–Kier alpha value is -4.35. The third-order valence-corrected chi connectivity index (χ3v) is 13.0. The summed E-state index contributed by atoms with van der Waals surface area (Å²) in [6.45, 7) is 2.25. The lowest BCUT2D eigenvalue weighted by molar-refractivity contribution is -0.250. The number of carbonyl (C=O) groups is 2. The number of hydrogen-bond donors (Lipinski definition) is 7. The Kier molecular flexibility index (Phi) is 17.7. The van der Waals surface area contributed by atoms with Gasteiger partial charge in [0.2, 0.25) is 11.6 Å². The molecular formula is C39H57N9O19P2. The van der Waals surface area contributed by atoms with Gasteiger partial charge in [0.05, 0.1) is 26.1 Å². The number of phosphoric ester groups is 2. The van der Waals surface area contributed by atoms with Gasteiger partial charge in [-0.2, -0.15) is 4.98 Å². The van der Waals surface area contributed by atoms with Gasteiger partial charge in [0.15, 0.2) is 36.4 Å². The molecule has 4 aliphatic rings. The van der Waals surface area contributed by atoms with Gasteiger partial charge in [0.25, 0.3) is 0 Å². The molecular weight excluding hydrogens is 960 g/mol. The summed E-state index contributed by atoms with van der Waals surface area (Å²) in [5.41, 5.74) is 8.74. The molecule has 9 N–H and O–H groups in total. The molecule has 0 spiro atoms. The predicted octanol–water partition coefficient (Wildman–Crippen LogP) is 0.398. The molecule has 382 valence electrons. The molecule has 3 aromatic heterocycles. The number of carbonyl (C=O) groups excluding carboxylic acids is 2. The number of nitrogens with two attached hydrogens (primary N) is 2. The smallest absolute Gasteiger partial charge is 0.455 e. The van der Waals surface area contributed by atoms with E-state index in [0.29, 0.717) is 45.3 Å². The van der Waals surface area contributed by atoms with Crippen LogP contribution >= 0.6 is 15.6 Å². The number of unbranched alkanes of at least 4 members (excludes halogenated alkanes) is 1. The highest BCUT2D eigenvalue weighted by Crippen LogP contribution is 2.52. The molecule has 3 aromatic rings. The number of amides is 1. The second-order valence-electron chi connectivity index (χ2n) is 16.5. The Morgan fingerprint density at radius 3 is 2.51 bits per heavy atom. The molecule has 0 aliphatic carbocycles. The summed E-state index contributed by atoms with van der Waals surface area (Å²) in [5, 5.41) is 14.6. The molecule has 4 saturated heterocycles. The molecule has 0 bridgehead atoms. The molecule has 11 atom stereocenters. The third kappa shape index (κ3) is 13.3. The van der Waals surface area contributed by atoms with Crippen LogP contribution in [-0.4, -0.2) is 150 Å². The van der Waals surface area contributed by atoms with Crippen LogP contribution < -0.4 is 22.5 Å². The Bertz CT molecular complexity index is 2400. The molecule has 4 aliphatic heterocycles. The van der Waals surface area contributed by atoms with Gasteiger partial charge in [-0.05, 0) is 57.4 Å². The first-order valence-corrected chi connectivity index (χ1v) is 25.2. The fourth-order valence-electron chi connectivity index (χ4n) is 8.18. The van der Waals surface area contributed by atoms with E-state index in [1.54, 1.807) is 6.08 Å². The lowest BCUT2D eigenvalue weighted by Gasteiger charge is -2.38. The summed E-state index contributed by atoms with van der Waals surface area (Å²) < 4.78 is 85.3. The number of aromatic nitrogens is 6. The van der Waals surface area contributed by atoms with Gasteiger partial charge in [0, 0.05) is 38.9 Å². The van der Waals surface area contributed by atoms with Gasteiger partial charge in [-0.15, -0.1) is 6.58 Å². The molecule has 7 heterocycles. The molecule has 30 heteroatoms. The van der Waals surface area contributed by atoms with Gasteiger partial charge in [-0.3, -0.25) is 27.5 Å². The Labute approximate surface area is 393 Å². The highest BCUT2D eigenvalue weighted by molar-refractivity contribution is 7.47. The largest absolute Gasteiger partial charge is 0.472 e. The average molecular weight is 1020 g/mol. The number of esters is 1. The maximum Gasteiger partial charge on any atom is 0.472 e. The molecule has 69 heavy (non-hydrogen) atoms. The molecule has 5 unspecified atom stereocenters. The van der Waals surface area contributed by atoms with Crippen molar-refractivity contribution in [2.24, 2.45) is 0 Å². The summed E-state index contributed by atoms with van der Waals surface area (Å²) >= 11 is 0. The number of anilines is 2. The summed E-state index contributed by atoms with van der Waals surface area (Å²) in [7, 11) is -10.7. The maximum atomic E-state index is 14.2. The number of aliphatic hydroxyl groups is 1. The average Bonchev–Trinajstić information content (AvgIpc) is 4.11. The summed E-state index contributed by atoms with van der Waals surface area (Å²) in [5.74, 6) is -1.67. The monoisotopic (exact) mass is 1020 g/mol. The first-order valence-electron chi connectivity index (χ1n) is 22.2. The zero-order valence-electron chi connectivity index (χ0n) is 37.2. The Morgan fingerprint density at radius 2 is 1.78 bits per heavy atom. The van der Waals surface area contributed by atoms with Crippen LogP contribution in [0.25, 0.3) is 11.2 Å². The van der Waals surface area contributed by atoms with Gasteiger partial charge in [0.1, 0.15) is 48.1 Å². The van der Waals surface area contributed by atoms with Crippen molar-refractivity contribution in [2.75, 3.05) is 51.1 Å². The number of rotatable bonds is 24. The molecule has 4 fully saturated rings. The van der Waals surface area contributed by atoms with Crippen LogP contribution in [0.2, 0.25) is 0 Å². The SMILES string of the molecule is C=CCCC(=O)N[C@@H](CCCCOC1CCCCO1)C(=O)O[C@@H]1C(COP(=O)(O)O[C@@H]2C(COP(=O)(O)O)OC[C@@]2(OC2CCCO2)n2ccc(N)nc2=O)O[C@@H](n2cnc3c(N)ncnc32)[C@@H]1O. The predicted molar refractivity (Wildman–Crippen MR) is 234 cm³/mol. The second-order valence-corrected chi connectivity index (χ2v) is 19.1. The second kappa shape index (κ2) is 23.3. The number of imidazole rings is 1. The molecule has 1 amide bonds. The minimum atomic E-state index is -5.51. The van der Waals surface area contributed by atoms with E-state index in [1.165, 1.54) is 17.0 Å². The normalized spacial score (nSPS) is 28.6. The van der Waals surface area contributed by atoms with Crippen molar-refractivity contribution in [3.63, 3.8) is 0 Å². The maximum absolute atomic E-state index is 14.2. The van der Waals surface area contributed by atoms with Crippen LogP contribution in [0.3, 0.4) is 0 Å². The lowest BCUT2D eigenvalue weighted by atomic mass is 10.1. The highest BCUT2D eigenvalue weighted by atomic mass is 31.2. The van der Waals surface area contributed by atoms with Gasteiger partial charge < -0.3 is 69.7 Å². The standard InChI is InChI=1S/C39H57N9O19P2/c1-2-3-10-27(49)45-23(9-4-6-15-58-28-11-5-7-16-59-28)37(51)65-32-24(64-36(31(32)50)47-22-44-30-34(41)42-21-43-35(30)47)18-63-69(56,57)67-33-25(19-62-68(53,54)55)61-20-39(33,66-29-12-8-17-60-29)48-14-13-26(40)46-38(48)52/h2,13-14,21-25,28-29,31-33,36,50H,1,3-12,15-20H2,(H,45,49)(H,56,57)(H2,40,46,52)(H2,41,42,43)(H2,53,54,55)/t23-,24?,25?,28?,29?,31+,32+,33+,36+,39-/m0/s1. The van der Waals surface area contributed by atoms with Crippen LogP contribution in [0.4, 0.5) is 11.6 Å². The van der Waals surface area contributed by atoms with Crippen molar-refractivity contribution < 1.29 is 85.2 Å². The molecule has 0 aromatic carbocycles. The quantitative estimate of drug-likeness (QED) is 0.0276. The number of nitrogens with one attached hydrogen (secondary N) is 1. The number of allylic oxidation sites excluding steroid dienone is 1. The first kappa shape index (κ1) is 52.5. The number of hydrogen-bond acceptors (Lipinski definition) is 22. The molecule has 0 saturated carbocycles. The van der Waals surface area contributed by atoms with E-state index in [0.717, 1.165) is 36.4 Å². The van der Waals surface area contributed by atoms with Crippen LogP contribution in [0.1, 0.15) is 70.4 Å². The number of ether oxygens (including phenoxy) is 7. The highest BCUT2D eigenvalue weighted by Gasteiger charge is 2.59. The zero-order chi connectivity index (χ0) is 49.3. The topological polar surface area (TPSA) is 384 Å². The lowest BCUT2D eigenvalue weighted by Crippen LogP contribution is -2.56. The fourth-order valence-corrected chi connectivity index (χ4v) is 9.50. The number of aliphatic hydroxyl groups excluding tert-OH is 1. The van der Waals surface area contributed by atoms with E-state index in [9.17, 15) is 43.3 Å². The Balaban J connectivity index is 1.14. The van der Waals surface area contributed by atoms with Gasteiger partial charge >= 0.3 is 27.3 Å². The van der Waals surface area contributed by atoms with Crippen LogP contribution in [-0.2, 0) is 71.2 Å². The summed E-state index contributed by atoms with van der Waals surface area (Å²) in [6, 6.07) is -0.0232. The molecule has 7 rings (SSSR count). The van der Waals surface area contributed by atoms with Gasteiger partial charge in [-0.1, -0.05) is 6.08 Å². The third-order valence-electron chi connectivity index (χ3n) is 11.5. The van der Waals surface area contributed by atoms with Crippen LogP contribution in [0, 0.1) is 0 Å². The van der Waals surface area contributed by atoms with E-state index >= 15 is 0 Å². The van der Waals surface area contributed by atoms with Crippen molar-refractivity contribution in [1.82, 2.24) is 34.4 Å². The summed E-state index contributed by atoms with van der Waals surface area (Å²) in [4.78, 5) is 87.1.